The molecule has 0 spiro atoms. The molecule has 8 nitrogen and oxygen atoms in total. The molecule has 0 aromatic carbocycles. The second kappa shape index (κ2) is 7.61. The van der Waals surface area contributed by atoms with Crippen molar-refractivity contribution in [2.75, 3.05) is 6.61 Å². The maximum atomic E-state index is 12.7. The molecule has 2 aromatic rings. The minimum absolute atomic E-state index is 0.233. The first-order valence-corrected chi connectivity index (χ1v) is 9.28. The molecule has 2 heterocycles. The summed E-state index contributed by atoms with van der Waals surface area (Å²) in [5, 5.41) is 0.615. The molecule has 26 heavy (non-hydrogen) atoms. The molecule has 0 bridgehead atoms. The number of carbonyl (C=O) groups excluding carboxylic acids is 1. The summed E-state index contributed by atoms with van der Waals surface area (Å²) in [7, 11) is 2.98. The zero-order valence-corrected chi connectivity index (χ0v) is 16.8. The molecular formula is C17H24N4O4S. The van der Waals surface area contributed by atoms with Gasteiger partial charge in [-0.3, -0.25) is 18.7 Å². The number of aromatic nitrogens is 4. The Morgan fingerprint density at radius 1 is 1.15 bits per heavy atom. The summed E-state index contributed by atoms with van der Waals surface area (Å²) in [6.45, 7) is 7.44. The normalized spacial score (nSPS) is 11.8. The van der Waals surface area contributed by atoms with Crippen molar-refractivity contribution in [1.29, 1.82) is 0 Å². The summed E-state index contributed by atoms with van der Waals surface area (Å²) in [5.74, 6) is 0.140. The second-order valence-electron chi connectivity index (χ2n) is 6.43. The number of hydrogen-bond donors (Lipinski definition) is 0. The quantitative estimate of drug-likeness (QED) is 0.425. The molecule has 9 heteroatoms. The van der Waals surface area contributed by atoms with Crippen LogP contribution in [-0.2, 0) is 30.0 Å². The van der Waals surface area contributed by atoms with Gasteiger partial charge in [0.05, 0.1) is 6.61 Å². The summed E-state index contributed by atoms with van der Waals surface area (Å²) >= 11 is 1.15. The Labute approximate surface area is 155 Å². The van der Waals surface area contributed by atoms with Crippen LogP contribution in [0.2, 0.25) is 0 Å². The zero-order chi connectivity index (χ0) is 19.6. The van der Waals surface area contributed by atoms with Gasteiger partial charge in [0, 0.05) is 20.5 Å². The van der Waals surface area contributed by atoms with Crippen LogP contribution in [0.3, 0.4) is 0 Å². The highest BCUT2D eigenvalue weighted by Crippen LogP contribution is 2.35. The summed E-state index contributed by atoms with van der Waals surface area (Å²) in [5.41, 5.74) is -0.656. The molecule has 0 aliphatic carbocycles. The number of rotatable bonds is 6. The van der Waals surface area contributed by atoms with E-state index in [0.717, 1.165) is 22.7 Å². The van der Waals surface area contributed by atoms with Crippen molar-refractivity contribution in [2.45, 2.75) is 50.3 Å². The van der Waals surface area contributed by atoms with Gasteiger partial charge in [-0.1, -0.05) is 18.7 Å². The summed E-state index contributed by atoms with van der Waals surface area (Å²) < 4.78 is 6.53. The molecule has 0 atom stereocenters. The van der Waals surface area contributed by atoms with E-state index in [4.69, 9.17) is 4.74 Å². The van der Waals surface area contributed by atoms with Gasteiger partial charge in [-0.05, 0) is 27.2 Å². The maximum Gasteiger partial charge on any atom is 0.332 e. The largest absolute Gasteiger partial charge is 0.465 e. The van der Waals surface area contributed by atoms with Crippen LogP contribution in [0.1, 0.15) is 39.9 Å². The van der Waals surface area contributed by atoms with Crippen LogP contribution in [0.15, 0.2) is 14.6 Å². The standard InChI is InChI=1S/C17H24N4O4S/c1-7-9-10-18-12-11(14(22)21(6)16(24)20(12)5)13(19-10)26-17(3,4)15(23)25-8-2/h7-9H2,1-6H3. The Morgan fingerprint density at radius 2 is 1.81 bits per heavy atom. The molecule has 2 aromatic heterocycles. The highest BCUT2D eigenvalue weighted by atomic mass is 32.2. The Bertz CT molecular complexity index is 962. The first-order chi connectivity index (χ1) is 12.1. The van der Waals surface area contributed by atoms with Crippen molar-refractivity contribution in [2.24, 2.45) is 14.1 Å². The van der Waals surface area contributed by atoms with Crippen LogP contribution in [0.25, 0.3) is 11.0 Å². The Balaban J connectivity index is 2.77. The number of fused-ring (bicyclic) bond motifs is 1. The van der Waals surface area contributed by atoms with Crippen LogP contribution in [0.4, 0.5) is 0 Å². The number of carbonyl (C=O) groups is 1. The molecule has 142 valence electrons. The molecule has 0 amide bonds. The first-order valence-electron chi connectivity index (χ1n) is 8.46. The lowest BCUT2D eigenvalue weighted by Gasteiger charge is -2.22. The van der Waals surface area contributed by atoms with Crippen molar-refractivity contribution >= 4 is 28.8 Å². The number of hydrogen-bond acceptors (Lipinski definition) is 7. The van der Waals surface area contributed by atoms with E-state index in [2.05, 4.69) is 9.97 Å². The highest BCUT2D eigenvalue weighted by molar-refractivity contribution is 8.01. The molecule has 0 unspecified atom stereocenters. The smallest absolute Gasteiger partial charge is 0.332 e. The van der Waals surface area contributed by atoms with E-state index >= 15 is 0 Å². The van der Waals surface area contributed by atoms with Crippen molar-refractivity contribution < 1.29 is 9.53 Å². The van der Waals surface area contributed by atoms with E-state index in [1.807, 2.05) is 6.92 Å². The fraction of sp³-hybridized carbons (Fsp3) is 0.588. The third-order valence-corrected chi connectivity index (χ3v) is 5.07. The third-order valence-electron chi connectivity index (χ3n) is 3.91. The number of esters is 1. The number of nitrogens with zero attached hydrogens (tertiary/aromatic N) is 4. The molecule has 0 saturated carbocycles. The van der Waals surface area contributed by atoms with Crippen molar-refractivity contribution in [3.05, 3.63) is 26.7 Å². The van der Waals surface area contributed by atoms with Crippen LogP contribution in [-0.4, -0.2) is 36.4 Å². The fourth-order valence-electron chi connectivity index (χ4n) is 2.47. The average molecular weight is 380 g/mol. The first kappa shape index (κ1) is 20.2. The fourth-order valence-corrected chi connectivity index (χ4v) is 3.53. The van der Waals surface area contributed by atoms with E-state index in [0.29, 0.717) is 17.3 Å². The van der Waals surface area contributed by atoms with Crippen LogP contribution in [0.5, 0.6) is 0 Å². The zero-order valence-electron chi connectivity index (χ0n) is 16.0. The number of aryl methyl sites for hydroxylation is 2. The number of thioether (sulfide) groups is 1. The SMILES string of the molecule is CCCc1nc(SC(C)(C)C(=O)OCC)c2c(=O)n(C)c(=O)n(C)c2n1. The lowest BCUT2D eigenvalue weighted by Crippen LogP contribution is -2.38. The maximum absolute atomic E-state index is 12.7. The minimum atomic E-state index is -0.944. The Hall–Kier alpha value is -2.16. The van der Waals surface area contributed by atoms with E-state index in [9.17, 15) is 14.4 Å². The molecule has 2 rings (SSSR count). The van der Waals surface area contributed by atoms with E-state index in [1.54, 1.807) is 27.8 Å². The van der Waals surface area contributed by atoms with Gasteiger partial charge < -0.3 is 4.74 Å². The molecule has 0 fully saturated rings. The van der Waals surface area contributed by atoms with E-state index in [-0.39, 0.29) is 17.6 Å². The topological polar surface area (TPSA) is 96.1 Å². The summed E-state index contributed by atoms with van der Waals surface area (Å²) in [6, 6.07) is 0. The van der Waals surface area contributed by atoms with Gasteiger partial charge >= 0.3 is 11.7 Å². The van der Waals surface area contributed by atoms with Gasteiger partial charge in [-0.25, -0.2) is 14.8 Å². The average Bonchev–Trinajstić information content (AvgIpc) is 2.58. The second-order valence-corrected chi connectivity index (χ2v) is 8.04. The van der Waals surface area contributed by atoms with Crippen molar-refractivity contribution in [3.63, 3.8) is 0 Å². The van der Waals surface area contributed by atoms with Gasteiger partial charge in [-0.15, -0.1) is 0 Å². The molecule has 0 aliphatic heterocycles. The highest BCUT2D eigenvalue weighted by Gasteiger charge is 2.33. The predicted octanol–water partition coefficient (Wildman–Crippen LogP) is 1.41. The van der Waals surface area contributed by atoms with E-state index in [1.165, 1.54) is 11.6 Å². The monoisotopic (exact) mass is 380 g/mol. The molecule has 0 aliphatic rings. The van der Waals surface area contributed by atoms with Crippen molar-refractivity contribution in [1.82, 2.24) is 19.1 Å². The summed E-state index contributed by atoms with van der Waals surface area (Å²) in [6.07, 6.45) is 1.42. The van der Waals surface area contributed by atoms with Crippen LogP contribution < -0.4 is 11.2 Å². The van der Waals surface area contributed by atoms with Gasteiger partial charge in [0.25, 0.3) is 5.56 Å². The Kier molecular flexibility index (Phi) is 5.90. The third kappa shape index (κ3) is 3.67. The van der Waals surface area contributed by atoms with Crippen molar-refractivity contribution in [3.8, 4) is 0 Å². The van der Waals surface area contributed by atoms with Gasteiger partial charge in [0.2, 0.25) is 0 Å². The lowest BCUT2D eigenvalue weighted by atomic mass is 10.2. The molecular weight excluding hydrogens is 356 g/mol. The van der Waals surface area contributed by atoms with Gasteiger partial charge in [0.1, 0.15) is 21.0 Å². The predicted molar refractivity (Wildman–Crippen MR) is 101 cm³/mol. The van der Waals surface area contributed by atoms with E-state index < -0.39 is 22.0 Å². The molecule has 0 N–H and O–H groups in total. The lowest BCUT2D eigenvalue weighted by molar-refractivity contribution is -0.145. The molecule has 0 radical (unpaired) electrons. The summed E-state index contributed by atoms with van der Waals surface area (Å²) in [4.78, 5) is 46.1. The van der Waals surface area contributed by atoms with Crippen LogP contribution >= 0.6 is 11.8 Å². The van der Waals surface area contributed by atoms with Crippen LogP contribution in [0, 0.1) is 0 Å². The van der Waals surface area contributed by atoms with Gasteiger partial charge in [-0.2, -0.15) is 0 Å². The minimum Gasteiger partial charge on any atom is -0.465 e. The molecule has 0 saturated heterocycles. The number of ether oxygens (including phenoxy) is 1. The Morgan fingerprint density at radius 3 is 2.38 bits per heavy atom. The van der Waals surface area contributed by atoms with Gasteiger partial charge in [0.15, 0.2) is 5.65 Å².